The molecule has 2 nitrogen and oxygen atoms in total. The minimum atomic E-state index is 0.150. The monoisotopic (exact) mass is 339 g/mol. The molecule has 2 aromatic rings. The van der Waals surface area contributed by atoms with E-state index in [-0.39, 0.29) is 5.43 Å². The molecule has 1 aromatic heterocycles. The third-order valence-electron chi connectivity index (χ3n) is 4.95. The van der Waals surface area contributed by atoms with Gasteiger partial charge in [-0.2, -0.15) is 0 Å². The second-order valence-electron chi connectivity index (χ2n) is 7.00. The Morgan fingerprint density at radius 1 is 0.920 bits per heavy atom. The molecule has 0 fully saturated rings. The fourth-order valence-electron chi connectivity index (χ4n) is 3.36. The van der Waals surface area contributed by atoms with Crippen LogP contribution in [-0.2, 0) is 13.5 Å². The Morgan fingerprint density at radius 3 is 2.36 bits per heavy atom. The van der Waals surface area contributed by atoms with Crippen molar-refractivity contribution < 1.29 is 0 Å². The summed E-state index contributed by atoms with van der Waals surface area (Å²) < 4.78 is 2.18. The van der Waals surface area contributed by atoms with E-state index in [1.54, 1.807) is 0 Å². The van der Waals surface area contributed by atoms with Gasteiger partial charge in [-0.15, -0.1) is 0 Å². The van der Waals surface area contributed by atoms with E-state index in [4.69, 9.17) is 0 Å². The van der Waals surface area contributed by atoms with E-state index < -0.39 is 0 Å². The van der Waals surface area contributed by atoms with Crippen LogP contribution in [-0.4, -0.2) is 4.57 Å². The summed E-state index contributed by atoms with van der Waals surface area (Å²) in [7, 11) is 2.07. The van der Waals surface area contributed by atoms with Crippen LogP contribution in [0.15, 0.2) is 47.3 Å². The summed E-state index contributed by atoms with van der Waals surface area (Å²) in [6, 6.07) is 9.70. The first kappa shape index (κ1) is 19.5. The summed E-state index contributed by atoms with van der Waals surface area (Å²) >= 11 is 0. The van der Waals surface area contributed by atoms with E-state index in [1.807, 2.05) is 30.3 Å². The van der Waals surface area contributed by atoms with Crippen LogP contribution in [0.25, 0.3) is 10.9 Å². The van der Waals surface area contributed by atoms with Crippen molar-refractivity contribution in [1.82, 2.24) is 4.57 Å². The van der Waals surface area contributed by atoms with Crippen molar-refractivity contribution in [3.63, 3.8) is 0 Å². The number of unbranched alkanes of at least 4 members (excludes halogenated alkanes) is 7. The topological polar surface area (TPSA) is 22.0 Å². The number of hydrogen-bond donors (Lipinski definition) is 0. The molecule has 0 spiro atoms. The van der Waals surface area contributed by atoms with Crippen molar-refractivity contribution in [2.75, 3.05) is 0 Å². The fourth-order valence-corrected chi connectivity index (χ4v) is 3.36. The van der Waals surface area contributed by atoms with E-state index >= 15 is 0 Å². The molecule has 0 saturated carbocycles. The number of fused-ring (bicyclic) bond motifs is 1. The van der Waals surface area contributed by atoms with E-state index in [0.29, 0.717) is 0 Å². The Kier molecular flexibility index (Phi) is 8.51. The Morgan fingerprint density at radius 2 is 1.60 bits per heavy atom. The van der Waals surface area contributed by atoms with Crippen molar-refractivity contribution in [3.8, 4) is 0 Å². The maximum Gasteiger partial charge on any atom is 0.189 e. The van der Waals surface area contributed by atoms with Gasteiger partial charge in [0, 0.05) is 24.2 Å². The number of allylic oxidation sites excluding steroid dienone is 2. The molecule has 0 N–H and O–H groups in total. The second kappa shape index (κ2) is 10.9. The van der Waals surface area contributed by atoms with Crippen molar-refractivity contribution in [2.45, 2.75) is 71.1 Å². The van der Waals surface area contributed by atoms with Crippen LogP contribution in [0, 0.1) is 0 Å². The number of aromatic nitrogens is 1. The van der Waals surface area contributed by atoms with Gasteiger partial charge in [-0.25, -0.2) is 0 Å². The Hall–Kier alpha value is -1.83. The average Bonchev–Trinajstić information content (AvgIpc) is 2.63. The van der Waals surface area contributed by atoms with E-state index in [9.17, 15) is 4.79 Å². The van der Waals surface area contributed by atoms with Crippen LogP contribution in [0.4, 0.5) is 0 Å². The maximum atomic E-state index is 12.2. The van der Waals surface area contributed by atoms with Gasteiger partial charge >= 0.3 is 0 Å². The molecular weight excluding hydrogens is 306 g/mol. The third kappa shape index (κ3) is 6.19. The van der Waals surface area contributed by atoms with Gasteiger partial charge in [-0.1, -0.05) is 56.9 Å². The van der Waals surface area contributed by atoms with Gasteiger partial charge in [0.05, 0.1) is 5.52 Å². The highest BCUT2D eigenvalue weighted by molar-refractivity contribution is 5.79. The number of rotatable bonds is 11. The van der Waals surface area contributed by atoms with Crippen LogP contribution in [0.2, 0.25) is 0 Å². The smallest absolute Gasteiger partial charge is 0.189 e. The predicted octanol–water partition coefficient (Wildman–Crippen LogP) is 6.17. The van der Waals surface area contributed by atoms with Gasteiger partial charge in [0.1, 0.15) is 0 Å². The lowest BCUT2D eigenvalue weighted by Gasteiger charge is -2.12. The molecule has 0 aliphatic carbocycles. The van der Waals surface area contributed by atoms with Crippen LogP contribution >= 0.6 is 0 Å². The lowest BCUT2D eigenvalue weighted by molar-refractivity contribution is 0.631. The third-order valence-corrected chi connectivity index (χ3v) is 4.95. The molecule has 0 bridgehead atoms. The van der Waals surface area contributed by atoms with Crippen molar-refractivity contribution in [2.24, 2.45) is 7.05 Å². The zero-order valence-corrected chi connectivity index (χ0v) is 16.0. The molecule has 0 radical (unpaired) electrons. The zero-order valence-electron chi connectivity index (χ0n) is 16.0. The first-order valence-corrected chi connectivity index (χ1v) is 9.96. The first-order valence-electron chi connectivity index (χ1n) is 9.96. The minimum Gasteiger partial charge on any atom is -0.347 e. The standard InChI is InChI=1S/C23H33NO/c1-3-4-5-6-7-8-9-10-11-12-13-16-20-19-23(25)21-17-14-15-18-22(21)24(20)2/h7-8,14-15,17-19H,3-6,9-13,16H2,1-2H3. The molecule has 1 aromatic carbocycles. The van der Waals surface area contributed by atoms with E-state index in [1.165, 1.54) is 51.4 Å². The van der Waals surface area contributed by atoms with Crippen molar-refractivity contribution in [1.29, 1.82) is 0 Å². The molecule has 0 unspecified atom stereocenters. The van der Waals surface area contributed by atoms with Gasteiger partial charge < -0.3 is 4.57 Å². The molecule has 0 atom stereocenters. The SMILES string of the molecule is CCCCCC=CCCCCCCc1cc(=O)c2ccccc2n1C. The van der Waals surface area contributed by atoms with Crippen molar-refractivity contribution >= 4 is 10.9 Å². The summed E-state index contributed by atoms with van der Waals surface area (Å²) in [4.78, 5) is 12.2. The molecule has 2 heteroatoms. The van der Waals surface area contributed by atoms with Gasteiger partial charge in [0.15, 0.2) is 5.43 Å². The number of aryl methyl sites for hydroxylation is 2. The summed E-state index contributed by atoms with van der Waals surface area (Å²) in [6.45, 7) is 2.25. The molecule has 0 amide bonds. The Bertz CT molecular complexity index is 726. The summed E-state index contributed by atoms with van der Waals surface area (Å²) in [6.07, 6.45) is 17.1. The van der Waals surface area contributed by atoms with E-state index in [0.717, 1.165) is 29.4 Å². The highest BCUT2D eigenvalue weighted by atomic mass is 16.1. The van der Waals surface area contributed by atoms with E-state index in [2.05, 4.69) is 30.7 Å². The Balaban J connectivity index is 1.70. The normalized spacial score (nSPS) is 11.6. The maximum absolute atomic E-state index is 12.2. The summed E-state index contributed by atoms with van der Waals surface area (Å²) in [5.41, 5.74) is 2.34. The first-order chi connectivity index (χ1) is 12.2. The minimum absolute atomic E-state index is 0.150. The lowest BCUT2D eigenvalue weighted by atomic mass is 10.1. The lowest BCUT2D eigenvalue weighted by Crippen LogP contribution is -2.11. The van der Waals surface area contributed by atoms with Gasteiger partial charge in [-0.05, 0) is 50.7 Å². The summed E-state index contributed by atoms with van der Waals surface area (Å²) in [5, 5.41) is 0.819. The van der Waals surface area contributed by atoms with Gasteiger partial charge in [0.2, 0.25) is 0 Å². The molecule has 0 aliphatic rings. The Labute approximate surface area is 152 Å². The zero-order chi connectivity index (χ0) is 17.9. The van der Waals surface area contributed by atoms with Gasteiger partial charge in [-0.3, -0.25) is 4.79 Å². The number of hydrogen-bond acceptors (Lipinski definition) is 1. The fraction of sp³-hybridized carbons (Fsp3) is 0.522. The number of pyridine rings is 1. The molecule has 136 valence electrons. The average molecular weight is 340 g/mol. The summed E-state index contributed by atoms with van der Waals surface area (Å²) in [5.74, 6) is 0. The number of para-hydroxylation sites is 1. The van der Waals surface area contributed by atoms with Gasteiger partial charge in [0.25, 0.3) is 0 Å². The van der Waals surface area contributed by atoms with Crippen molar-refractivity contribution in [3.05, 3.63) is 58.4 Å². The number of nitrogens with zero attached hydrogens (tertiary/aromatic N) is 1. The molecule has 2 rings (SSSR count). The highest BCUT2D eigenvalue weighted by Crippen LogP contribution is 2.14. The molecule has 0 saturated heterocycles. The van der Waals surface area contributed by atoms with Crippen LogP contribution < -0.4 is 5.43 Å². The largest absolute Gasteiger partial charge is 0.347 e. The van der Waals surface area contributed by atoms with Crippen LogP contribution in [0.3, 0.4) is 0 Å². The molecule has 1 heterocycles. The predicted molar refractivity (Wildman–Crippen MR) is 109 cm³/mol. The molecule has 0 aliphatic heterocycles. The van der Waals surface area contributed by atoms with Crippen LogP contribution in [0.5, 0.6) is 0 Å². The highest BCUT2D eigenvalue weighted by Gasteiger charge is 2.05. The number of benzene rings is 1. The molecular formula is C23H33NO. The quantitative estimate of drug-likeness (QED) is 0.354. The molecule has 25 heavy (non-hydrogen) atoms. The second-order valence-corrected chi connectivity index (χ2v) is 7.00. The van der Waals surface area contributed by atoms with Crippen LogP contribution in [0.1, 0.15) is 70.4 Å².